The van der Waals surface area contributed by atoms with E-state index in [-0.39, 0.29) is 11.8 Å². The molecule has 25 heavy (non-hydrogen) atoms. The van der Waals surface area contributed by atoms with Gasteiger partial charge in [0.05, 0.1) is 11.1 Å². The zero-order valence-electron chi connectivity index (χ0n) is 13.9. The number of amides is 2. The molecule has 3 heterocycles. The number of aryl methyl sites for hydroxylation is 1. The van der Waals surface area contributed by atoms with Crippen LogP contribution in [0.1, 0.15) is 34.5 Å². The third-order valence-corrected chi connectivity index (χ3v) is 5.69. The fraction of sp³-hybridized carbons (Fsp3) is 0.444. The molecule has 0 unspecified atom stereocenters. The summed E-state index contributed by atoms with van der Waals surface area (Å²) in [7, 11) is 0. The lowest BCUT2D eigenvalue weighted by Crippen LogP contribution is -2.33. The standard InChI is InChI=1S/C18H20N4O2S/c23-15(6-5-13-2-1-7-19-10-13)16-11-20-17(25-16)22-9-8-21(18(22)24)12-14-3-4-14/h1-2,7,10-11,14H,3-6,8-9,12H2. The number of carbonyl (C=O) groups excluding carboxylic acids is 2. The molecule has 2 aromatic heterocycles. The first-order valence-corrected chi connectivity index (χ1v) is 9.47. The number of ketones is 1. The molecule has 2 amide bonds. The summed E-state index contributed by atoms with van der Waals surface area (Å²) in [6, 6.07) is 3.86. The highest BCUT2D eigenvalue weighted by molar-refractivity contribution is 7.17. The van der Waals surface area contributed by atoms with Gasteiger partial charge >= 0.3 is 6.03 Å². The lowest BCUT2D eigenvalue weighted by molar-refractivity contribution is 0.0986. The van der Waals surface area contributed by atoms with Crippen molar-refractivity contribution < 1.29 is 9.59 Å². The first-order chi connectivity index (χ1) is 12.2. The minimum absolute atomic E-state index is 0.0237. The summed E-state index contributed by atoms with van der Waals surface area (Å²) in [5, 5.41) is 0.632. The summed E-state index contributed by atoms with van der Waals surface area (Å²) in [6.45, 7) is 2.26. The number of hydrogen-bond acceptors (Lipinski definition) is 5. The third kappa shape index (κ3) is 3.71. The number of hydrogen-bond donors (Lipinski definition) is 0. The van der Waals surface area contributed by atoms with Crippen molar-refractivity contribution in [2.75, 3.05) is 24.5 Å². The average molecular weight is 356 g/mol. The van der Waals surface area contributed by atoms with Gasteiger partial charge in [0.25, 0.3) is 0 Å². The van der Waals surface area contributed by atoms with E-state index >= 15 is 0 Å². The Morgan fingerprint density at radius 3 is 2.92 bits per heavy atom. The number of anilines is 1. The molecular formula is C18H20N4O2S. The smallest absolute Gasteiger partial charge is 0.322 e. The molecule has 0 aromatic carbocycles. The van der Waals surface area contributed by atoms with Crippen molar-refractivity contribution in [3.8, 4) is 0 Å². The van der Waals surface area contributed by atoms with Gasteiger partial charge in [-0.25, -0.2) is 9.78 Å². The van der Waals surface area contributed by atoms with Gasteiger partial charge in [0, 0.05) is 38.4 Å². The number of thiazole rings is 1. The molecule has 130 valence electrons. The fourth-order valence-electron chi connectivity index (χ4n) is 2.99. The normalized spacial score (nSPS) is 17.4. The predicted octanol–water partition coefficient (Wildman–Crippen LogP) is 3.01. The van der Waals surface area contributed by atoms with E-state index in [4.69, 9.17) is 0 Å². The molecule has 1 aliphatic heterocycles. The Labute approximate surface area is 150 Å². The van der Waals surface area contributed by atoms with Gasteiger partial charge in [0.1, 0.15) is 0 Å². The second-order valence-corrected chi connectivity index (χ2v) is 7.62. The summed E-state index contributed by atoms with van der Waals surface area (Å²) >= 11 is 1.32. The zero-order valence-corrected chi connectivity index (χ0v) is 14.7. The van der Waals surface area contributed by atoms with E-state index in [1.165, 1.54) is 24.2 Å². The molecule has 0 spiro atoms. The molecule has 2 aromatic rings. The van der Waals surface area contributed by atoms with Crippen molar-refractivity contribution in [2.45, 2.75) is 25.7 Å². The summed E-state index contributed by atoms with van der Waals surface area (Å²) in [5.41, 5.74) is 1.05. The Balaban J connectivity index is 1.36. The van der Waals surface area contributed by atoms with Crippen molar-refractivity contribution in [1.29, 1.82) is 0 Å². The summed E-state index contributed by atoms with van der Waals surface area (Å²) in [5.74, 6) is 0.749. The van der Waals surface area contributed by atoms with Gasteiger partial charge in [-0.15, -0.1) is 0 Å². The maximum atomic E-state index is 12.5. The van der Waals surface area contributed by atoms with Crippen LogP contribution in [0.3, 0.4) is 0 Å². The van der Waals surface area contributed by atoms with Gasteiger partial charge in [-0.1, -0.05) is 17.4 Å². The van der Waals surface area contributed by atoms with Crippen molar-refractivity contribution in [3.05, 3.63) is 41.2 Å². The Morgan fingerprint density at radius 2 is 2.16 bits per heavy atom. The first-order valence-electron chi connectivity index (χ1n) is 8.65. The van der Waals surface area contributed by atoms with Crippen LogP contribution >= 0.6 is 11.3 Å². The highest BCUT2D eigenvalue weighted by atomic mass is 32.1. The van der Waals surface area contributed by atoms with E-state index in [1.54, 1.807) is 23.5 Å². The molecular weight excluding hydrogens is 336 g/mol. The van der Waals surface area contributed by atoms with Crippen LogP contribution in [0.15, 0.2) is 30.7 Å². The van der Waals surface area contributed by atoms with Crippen LogP contribution in [0, 0.1) is 5.92 Å². The van der Waals surface area contributed by atoms with Crippen LogP contribution in [0.4, 0.5) is 9.93 Å². The second kappa shape index (κ2) is 6.92. The Kier molecular flexibility index (Phi) is 4.48. The number of aromatic nitrogens is 2. The SMILES string of the molecule is O=C(CCc1cccnc1)c1cnc(N2CCN(CC3CC3)C2=O)s1. The fourth-order valence-corrected chi connectivity index (χ4v) is 3.89. The molecule has 1 saturated heterocycles. The van der Waals surface area contributed by atoms with Gasteiger partial charge in [-0.3, -0.25) is 14.7 Å². The molecule has 6 nitrogen and oxygen atoms in total. The van der Waals surface area contributed by atoms with Crippen LogP contribution in [0.5, 0.6) is 0 Å². The number of nitrogens with zero attached hydrogens (tertiary/aromatic N) is 4. The predicted molar refractivity (Wildman–Crippen MR) is 96.0 cm³/mol. The van der Waals surface area contributed by atoms with Crippen molar-refractivity contribution >= 4 is 28.3 Å². The summed E-state index contributed by atoms with van der Waals surface area (Å²) < 4.78 is 0. The molecule has 0 radical (unpaired) electrons. The largest absolute Gasteiger partial charge is 0.326 e. The Hall–Kier alpha value is -2.28. The zero-order chi connectivity index (χ0) is 17.2. The Morgan fingerprint density at radius 1 is 1.28 bits per heavy atom. The topological polar surface area (TPSA) is 66.4 Å². The summed E-state index contributed by atoms with van der Waals surface area (Å²) in [6.07, 6.45) is 8.66. The minimum atomic E-state index is 0.0237. The maximum absolute atomic E-state index is 12.5. The van der Waals surface area contributed by atoms with Crippen LogP contribution in [-0.4, -0.2) is 46.3 Å². The molecule has 0 bridgehead atoms. The molecule has 1 saturated carbocycles. The highest BCUT2D eigenvalue weighted by Crippen LogP contribution is 2.32. The quantitative estimate of drug-likeness (QED) is 0.715. The lowest BCUT2D eigenvalue weighted by atomic mass is 10.1. The third-order valence-electron chi connectivity index (χ3n) is 4.63. The second-order valence-electron chi connectivity index (χ2n) is 6.62. The lowest BCUT2D eigenvalue weighted by Gasteiger charge is -2.16. The molecule has 0 N–H and O–H groups in total. The first kappa shape index (κ1) is 16.2. The van der Waals surface area contributed by atoms with Crippen LogP contribution in [0.2, 0.25) is 0 Å². The maximum Gasteiger partial charge on any atom is 0.326 e. The van der Waals surface area contributed by atoms with Crippen LogP contribution < -0.4 is 4.90 Å². The van der Waals surface area contributed by atoms with Crippen LogP contribution in [0.25, 0.3) is 0 Å². The molecule has 0 atom stereocenters. The Bertz CT molecular complexity index is 772. The van der Waals surface area contributed by atoms with E-state index in [1.807, 2.05) is 17.0 Å². The van der Waals surface area contributed by atoms with E-state index in [2.05, 4.69) is 9.97 Å². The van der Waals surface area contributed by atoms with Crippen molar-refractivity contribution in [2.24, 2.45) is 5.92 Å². The van der Waals surface area contributed by atoms with E-state index in [9.17, 15) is 9.59 Å². The molecule has 1 aliphatic carbocycles. The number of rotatable bonds is 7. The van der Waals surface area contributed by atoms with Crippen LogP contribution in [-0.2, 0) is 6.42 Å². The van der Waals surface area contributed by atoms with Gasteiger partial charge in [0.15, 0.2) is 10.9 Å². The highest BCUT2D eigenvalue weighted by Gasteiger charge is 2.35. The van der Waals surface area contributed by atoms with Gasteiger partial charge in [0.2, 0.25) is 0 Å². The molecule has 2 fully saturated rings. The molecule has 7 heteroatoms. The van der Waals surface area contributed by atoms with Crippen molar-refractivity contribution in [3.63, 3.8) is 0 Å². The van der Waals surface area contributed by atoms with E-state index < -0.39 is 0 Å². The van der Waals surface area contributed by atoms with Crippen molar-refractivity contribution in [1.82, 2.24) is 14.9 Å². The monoisotopic (exact) mass is 356 g/mol. The van der Waals surface area contributed by atoms with Gasteiger partial charge in [-0.05, 0) is 36.8 Å². The molecule has 2 aliphatic rings. The van der Waals surface area contributed by atoms with E-state index in [0.717, 1.165) is 18.7 Å². The van der Waals surface area contributed by atoms with E-state index in [0.29, 0.717) is 35.3 Å². The number of carbonyl (C=O) groups is 2. The average Bonchev–Trinajstić information content (AvgIpc) is 3.19. The number of urea groups is 1. The molecule has 4 rings (SSSR count). The number of Topliss-reactive ketones (excluding diaryl/α,β-unsaturated/α-hetero) is 1. The van der Waals surface area contributed by atoms with Gasteiger partial charge in [-0.2, -0.15) is 0 Å². The summed E-state index contributed by atoms with van der Waals surface area (Å²) in [4.78, 5) is 37.5. The van der Waals surface area contributed by atoms with Gasteiger partial charge < -0.3 is 4.90 Å². The minimum Gasteiger partial charge on any atom is -0.322 e. The number of pyridine rings is 1.